The fourth-order valence-corrected chi connectivity index (χ4v) is 4.55. The summed E-state index contributed by atoms with van der Waals surface area (Å²) in [7, 11) is 0. The van der Waals surface area contributed by atoms with E-state index in [4.69, 9.17) is 4.74 Å². The predicted molar refractivity (Wildman–Crippen MR) is 133 cm³/mol. The lowest BCUT2D eigenvalue weighted by Crippen LogP contribution is -2.41. The van der Waals surface area contributed by atoms with Gasteiger partial charge in [-0.15, -0.1) is 0 Å². The third-order valence-corrected chi connectivity index (χ3v) is 6.25. The Morgan fingerprint density at radius 2 is 1.91 bits per heavy atom. The number of allylic oxidation sites excluding steroid dienone is 1. The number of anilines is 3. The number of amides is 2. The van der Waals surface area contributed by atoms with Gasteiger partial charge in [-0.1, -0.05) is 35.9 Å². The number of hydrogen-bond acceptors (Lipinski definition) is 5. The lowest BCUT2D eigenvalue weighted by atomic mass is 9.97. The third-order valence-electron chi connectivity index (χ3n) is 6.25. The highest BCUT2D eigenvalue weighted by Gasteiger charge is 2.30. The maximum Gasteiger partial charge on any atom is 0.340 e. The second-order valence-corrected chi connectivity index (χ2v) is 8.79. The molecule has 2 aromatic rings. The highest BCUT2D eigenvalue weighted by Crippen LogP contribution is 2.31. The Morgan fingerprint density at radius 3 is 2.74 bits per heavy atom. The van der Waals surface area contributed by atoms with Crippen LogP contribution >= 0.6 is 0 Å². The van der Waals surface area contributed by atoms with Crippen molar-refractivity contribution in [2.75, 3.05) is 28.7 Å². The van der Waals surface area contributed by atoms with E-state index in [9.17, 15) is 14.4 Å². The van der Waals surface area contributed by atoms with Gasteiger partial charge in [0.05, 0.1) is 16.9 Å². The average Bonchev–Trinajstić information content (AvgIpc) is 2.97. The second-order valence-electron chi connectivity index (χ2n) is 8.79. The molecule has 7 heteroatoms. The number of rotatable bonds is 7. The number of esters is 1. The van der Waals surface area contributed by atoms with Crippen LogP contribution in [-0.2, 0) is 14.3 Å². The van der Waals surface area contributed by atoms with Crippen LogP contribution in [0.25, 0.3) is 0 Å². The van der Waals surface area contributed by atoms with E-state index in [0.29, 0.717) is 22.6 Å². The summed E-state index contributed by atoms with van der Waals surface area (Å²) in [6, 6.07) is 14.0. The number of nitrogens with one attached hydrogen (secondary N) is 2. The van der Waals surface area contributed by atoms with E-state index >= 15 is 0 Å². The van der Waals surface area contributed by atoms with Gasteiger partial charge in [0.1, 0.15) is 0 Å². The minimum atomic E-state index is -0.557. The van der Waals surface area contributed by atoms with Crippen LogP contribution in [0.3, 0.4) is 0 Å². The van der Waals surface area contributed by atoms with E-state index < -0.39 is 12.6 Å². The van der Waals surface area contributed by atoms with Crippen molar-refractivity contribution in [3.05, 3.63) is 65.7 Å². The number of hydrogen-bond donors (Lipinski definition) is 2. The van der Waals surface area contributed by atoms with Crippen LogP contribution in [0.15, 0.2) is 60.2 Å². The number of benzene rings is 2. The van der Waals surface area contributed by atoms with Crippen molar-refractivity contribution < 1.29 is 19.1 Å². The zero-order valence-electron chi connectivity index (χ0n) is 19.5. The van der Waals surface area contributed by atoms with Crippen LogP contribution in [-0.4, -0.2) is 37.0 Å². The summed E-state index contributed by atoms with van der Waals surface area (Å²) in [5, 5.41) is 6.17. The first-order chi connectivity index (χ1) is 16.5. The quantitative estimate of drug-likeness (QED) is 0.452. The first-order valence-corrected chi connectivity index (χ1v) is 11.9. The Bertz CT molecular complexity index is 1090. The van der Waals surface area contributed by atoms with Gasteiger partial charge in [0.25, 0.3) is 5.91 Å². The molecular weight excluding hydrogens is 430 g/mol. The molecule has 34 heavy (non-hydrogen) atoms. The lowest BCUT2D eigenvalue weighted by molar-refractivity contribution is -0.122. The van der Waals surface area contributed by atoms with Gasteiger partial charge in [-0.3, -0.25) is 9.59 Å². The molecule has 2 aromatic carbocycles. The van der Waals surface area contributed by atoms with Crippen molar-refractivity contribution in [2.45, 2.75) is 51.5 Å². The Morgan fingerprint density at radius 1 is 1.12 bits per heavy atom. The molecule has 0 aromatic heterocycles. The van der Waals surface area contributed by atoms with Gasteiger partial charge >= 0.3 is 5.97 Å². The van der Waals surface area contributed by atoms with Gasteiger partial charge < -0.3 is 20.3 Å². The number of carbonyl (C=O) groups excluding carboxylic acids is 3. The minimum Gasteiger partial charge on any atom is -0.452 e. The molecule has 0 saturated heterocycles. The van der Waals surface area contributed by atoms with Gasteiger partial charge in [0.15, 0.2) is 6.61 Å². The Hall–Kier alpha value is -3.61. The summed E-state index contributed by atoms with van der Waals surface area (Å²) in [5.74, 6) is -1.09. The largest absolute Gasteiger partial charge is 0.452 e. The molecule has 2 N–H and O–H groups in total. The smallest absolute Gasteiger partial charge is 0.340 e. The van der Waals surface area contributed by atoms with Crippen LogP contribution in [0.5, 0.6) is 0 Å². The molecule has 0 radical (unpaired) electrons. The van der Waals surface area contributed by atoms with Crippen molar-refractivity contribution in [1.29, 1.82) is 0 Å². The van der Waals surface area contributed by atoms with Gasteiger partial charge in [-0.25, -0.2) is 4.79 Å². The molecule has 1 aliphatic carbocycles. The molecule has 2 amide bonds. The lowest BCUT2D eigenvalue weighted by Gasteiger charge is -2.27. The van der Waals surface area contributed by atoms with Crippen LogP contribution < -0.4 is 15.5 Å². The summed E-state index contributed by atoms with van der Waals surface area (Å²) < 4.78 is 5.42. The molecule has 1 atom stereocenters. The topological polar surface area (TPSA) is 87.7 Å². The summed E-state index contributed by atoms with van der Waals surface area (Å²) in [5.41, 5.74) is 3.72. The maximum atomic E-state index is 13.1. The van der Waals surface area contributed by atoms with E-state index in [0.717, 1.165) is 25.8 Å². The van der Waals surface area contributed by atoms with Gasteiger partial charge in [0, 0.05) is 24.7 Å². The Balaban J connectivity index is 1.39. The van der Waals surface area contributed by atoms with Crippen LogP contribution in [0.2, 0.25) is 0 Å². The highest BCUT2D eigenvalue weighted by atomic mass is 16.5. The van der Waals surface area contributed by atoms with E-state index in [1.54, 1.807) is 36.4 Å². The molecule has 2 aliphatic rings. The molecule has 4 rings (SSSR count). The van der Waals surface area contributed by atoms with Gasteiger partial charge in [-0.05, 0) is 63.3 Å². The summed E-state index contributed by atoms with van der Waals surface area (Å²) in [6.45, 7) is 2.13. The fourth-order valence-electron chi connectivity index (χ4n) is 4.55. The third kappa shape index (κ3) is 5.65. The van der Waals surface area contributed by atoms with E-state index in [2.05, 4.69) is 16.7 Å². The van der Waals surface area contributed by atoms with E-state index in [1.807, 2.05) is 19.1 Å². The van der Waals surface area contributed by atoms with Gasteiger partial charge in [-0.2, -0.15) is 0 Å². The molecular formula is C27H31N3O4. The number of fused-ring (bicyclic) bond motifs is 1. The normalized spacial score (nSPS) is 17.7. The zero-order chi connectivity index (χ0) is 23.9. The van der Waals surface area contributed by atoms with Crippen molar-refractivity contribution in [1.82, 2.24) is 0 Å². The van der Waals surface area contributed by atoms with E-state index in [1.165, 1.54) is 23.3 Å². The summed E-state index contributed by atoms with van der Waals surface area (Å²) >= 11 is 0. The average molecular weight is 462 g/mol. The monoisotopic (exact) mass is 461 g/mol. The molecule has 1 heterocycles. The second kappa shape index (κ2) is 11.0. The summed E-state index contributed by atoms with van der Waals surface area (Å²) in [4.78, 5) is 39.6. The molecule has 0 spiro atoms. The molecule has 0 saturated carbocycles. The van der Waals surface area contributed by atoms with Crippen molar-refractivity contribution >= 4 is 34.8 Å². The standard InChI is InChI=1S/C27H31N3O4/c1-19-17-25(31)29-23-13-7-8-14-24(23)30(19)26(32)18-34-27(33)21-11-5-6-12-22(21)28-16-15-20-9-3-2-4-10-20/h5-9,11-14,19,28H,2-4,10,15-18H2,1H3,(H,29,31). The maximum absolute atomic E-state index is 13.1. The zero-order valence-corrected chi connectivity index (χ0v) is 19.5. The Labute approximate surface area is 200 Å². The Kier molecular flexibility index (Phi) is 7.62. The van der Waals surface area contributed by atoms with E-state index in [-0.39, 0.29) is 24.3 Å². The SMILES string of the molecule is CC1CC(=O)Nc2ccccc2N1C(=O)COC(=O)c1ccccc1NCCC1=CCCCC1. The molecule has 7 nitrogen and oxygen atoms in total. The number of nitrogens with zero attached hydrogens (tertiary/aromatic N) is 1. The number of para-hydroxylation sites is 3. The highest BCUT2D eigenvalue weighted by molar-refractivity contribution is 6.05. The first-order valence-electron chi connectivity index (χ1n) is 11.9. The van der Waals surface area contributed by atoms with Crippen molar-refractivity contribution in [3.8, 4) is 0 Å². The molecule has 1 aliphatic heterocycles. The van der Waals surface area contributed by atoms with Crippen LogP contribution in [0.4, 0.5) is 17.1 Å². The minimum absolute atomic E-state index is 0.156. The molecule has 0 bridgehead atoms. The molecule has 1 unspecified atom stereocenters. The first kappa shape index (κ1) is 23.5. The van der Waals surface area contributed by atoms with Gasteiger partial charge in [0.2, 0.25) is 5.91 Å². The summed E-state index contributed by atoms with van der Waals surface area (Å²) in [6.07, 6.45) is 8.23. The van der Waals surface area contributed by atoms with Crippen LogP contribution in [0.1, 0.15) is 55.8 Å². The number of carbonyl (C=O) groups is 3. The van der Waals surface area contributed by atoms with Crippen molar-refractivity contribution in [3.63, 3.8) is 0 Å². The predicted octanol–water partition coefficient (Wildman–Crippen LogP) is 4.91. The van der Waals surface area contributed by atoms with Crippen LogP contribution in [0, 0.1) is 0 Å². The number of ether oxygens (including phenoxy) is 1. The molecule has 178 valence electrons. The van der Waals surface area contributed by atoms with Crippen molar-refractivity contribution in [2.24, 2.45) is 0 Å². The molecule has 0 fully saturated rings. The fraction of sp³-hybridized carbons (Fsp3) is 0.370.